The van der Waals surface area contributed by atoms with Gasteiger partial charge in [0, 0.05) is 6.42 Å². The Balaban J connectivity index is 2.32. The van der Waals surface area contributed by atoms with Gasteiger partial charge in [0.2, 0.25) is 9.84 Å². The summed E-state index contributed by atoms with van der Waals surface area (Å²) in [6.45, 7) is 5.48. The third kappa shape index (κ3) is 5.99. The average Bonchev–Trinajstić information content (AvgIpc) is 2.85. The fraction of sp³-hybridized carbons (Fsp3) is 0.200. The molecular formula is C30H29NO4S. The van der Waals surface area contributed by atoms with Crippen LogP contribution < -0.4 is 0 Å². The quantitative estimate of drug-likeness (QED) is 0.268. The highest BCUT2D eigenvalue weighted by atomic mass is 32.2. The molecule has 184 valence electrons. The molecule has 0 amide bonds. The highest BCUT2D eigenvalue weighted by molar-refractivity contribution is 7.91. The first-order valence-corrected chi connectivity index (χ1v) is 13.1. The third-order valence-corrected chi connectivity index (χ3v) is 7.85. The first-order valence-electron chi connectivity index (χ1n) is 11.6. The van der Waals surface area contributed by atoms with Gasteiger partial charge in [0.15, 0.2) is 0 Å². The van der Waals surface area contributed by atoms with E-state index >= 15 is 0 Å². The summed E-state index contributed by atoms with van der Waals surface area (Å²) >= 11 is 0. The summed E-state index contributed by atoms with van der Waals surface area (Å²) in [6, 6.07) is 26.7. The number of carboxylic acids is 1. The van der Waals surface area contributed by atoms with Crippen LogP contribution in [0, 0.1) is 17.2 Å². The lowest BCUT2D eigenvalue weighted by Gasteiger charge is -2.22. The summed E-state index contributed by atoms with van der Waals surface area (Å²) in [5, 5.41) is 19.7. The Hall–Kier alpha value is -3.95. The van der Waals surface area contributed by atoms with E-state index in [4.69, 9.17) is 0 Å². The number of nitrogens with zero attached hydrogens (tertiary/aromatic N) is 1. The zero-order chi connectivity index (χ0) is 26.3. The Bertz CT molecular complexity index is 1440. The van der Waals surface area contributed by atoms with Crippen molar-refractivity contribution in [1.29, 1.82) is 5.26 Å². The maximum atomic E-state index is 13.6. The van der Waals surface area contributed by atoms with Crippen molar-refractivity contribution in [2.75, 3.05) is 0 Å². The van der Waals surface area contributed by atoms with Crippen LogP contribution in [-0.4, -0.2) is 19.5 Å². The Morgan fingerprint density at radius 1 is 0.917 bits per heavy atom. The zero-order valence-corrected chi connectivity index (χ0v) is 21.4. The topological polar surface area (TPSA) is 95.2 Å². The Morgan fingerprint density at radius 3 is 2.03 bits per heavy atom. The highest BCUT2D eigenvalue weighted by Gasteiger charge is 2.26. The van der Waals surface area contributed by atoms with Gasteiger partial charge in [-0.1, -0.05) is 79.2 Å². The predicted octanol–water partition coefficient (Wildman–Crippen LogP) is 6.49. The van der Waals surface area contributed by atoms with Gasteiger partial charge in [-0.25, -0.2) is 8.42 Å². The van der Waals surface area contributed by atoms with Crippen LogP contribution in [0.1, 0.15) is 38.3 Å². The van der Waals surface area contributed by atoms with Crippen LogP contribution in [0.4, 0.5) is 0 Å². The maximum absolute atomic E-state index is 13.6. The summed E-state index contributed by atoms with van der Waals surface area (Å²) in [5.41, 5.74) is 3.90. The van der Waals surface area contributed by atoms with Crippen molar-refractivity contribution in [2.24, 2.45) is 5.92 Å². The molecule has 5 nitrogen and oxygen atoms in total. The lowest BCUT2D eigenvalue weighted by atomic mass is 9.81. The normalized spacial score (nSPS) is 12.7. The minimum Gasteiger partial charge on any atom is -0.481 e. The minimum atomic E-state index is -3.81. The number of hydrogen-bond donors (Lipinski definition) is 1. The molecule has 3 aromatic rings. The van der Waals surface area contributed by atoms with Gasteiger partial charge in [0.05, 0.1) is 27.9 Å². The Labute approximate surface area is 213 Å². The molecule has 0 aliphatic carbocycles. The van der Waals surface area contributed by atoms with E-state index < -0.39 is 21.7 Å². The molecule has 0 aromatic heterocycles. The zero-order valence-electron chi connectivity index (χ0n) is 20.6. The van der Waals surface area contributed by atoms with Crippen LogP contribution in [0.25, 0.3) is 5.57 Å². The molecule has 1 unspecified atom stereocenters. The number of carbonyl (C=O) groups is 1. The molecule has 0 radical (unpaired) electrons. The molecule has 0 aliphatic rings. The average molecular weight is 500 g/mol. The molecular weight excluding hydrogens is 470 g/mol. The predicted molar refractivity (Wildman–Crippen MR) is 141 cm³/mol. The van der Waals surface area contributed by atoms with E-state index in [1.165, 1.54) is 0 Å². The van der Waals surface area contributed by atoms with E-state index in [1.54, 1.807) is 54.6 Å². The second kappa shape index (κ2) is 11.7. The number of sulfone groups is 1. The fourth-order valence-electron chi connectivity index (χ4n) is 4.37. The van der Waals surface area contributed by atoms with E-state index in [0.717, 1.165) is 16.7 Å². The molecule has 1 atom stereocenters. The number of hydrogen-bond acceptors (Lipinski definition) is 4. The molecule has 36 heavy (non-hydrogen) atoms. The SMILES string of the molecule is CC(C)=C(C#N)C(Cc1ccccc1S(=O)(=O)c1ccccc1)=C(c1ccccc1)C(C)CC(=O)O. The molecule has 0 aliphatic heterocycles. The van der Waals surface area contributed by atoms with E-state index in [0.29, 0.717) is 16.7 Å². The van der Waals surface area contributed by atoms with Gasteiger partial charge in [-0.15, -0.1) is 0 Å². The standard InChI is InChI=1S/C30H29NO4S/c1-21(2)27(20-31)26(30(22(3)18-29(32)33)23-12-6-4-7-13-23)19-24-14-10-11-17-28(24)36(34,35)25-15-8-5-9-16-25/h4-17,22H,18-19H2,1-3H3,(H,32,33). The highest BCUT2D eigenvalue weighted by Crippen LogP contribution is 2.37. The summed E-state index contributed by atoms with van der Waals surface area (Å²) in [4.78, 5) is 12.0. The van der Waals surface area contributed by atoms with Crippen LogP contribution >= 0.6 is 0 Å². The molecule has 0 spiro atoms. The van der Waals surface area contributed by atoms with Crippen molar-refractivity contribution >= 4 is 21.4 Å². The fourth-order valence-corrected chi connectivity index (χ4v) is 5.88. The number of benzene rings is 3. The van der Waals surface area contributed by atoms with Crippen molar-refractivity contribution in [3.8, 4) is 6.07 Å². The van der Waals surface area contributed by atoms with Gasteiger partial charge in [0.1, 0.15) is 0 Å². The molecule has 0 heterocycles. The first kappa shape index (κ1) is 26.7. The second-order valence-corrected chi connectivity index (χ2v) is 10.8. The molecule has 0 saturated heterocycles. The third-order valence-electron chi connectivity index (χ3n) is 5.98. The van der Waals surface area contributed by atoms with Gasteiger partial charge in [0.25, 0.3) is 0 Å². The number of nitriles is 1. The Morgan fingerprint density at radius 2 is 1.47 bits per heavy atom. The first-order chi connectivity index (χ1) is 17.2. The van der Waals surface area contributed by atoms with Crippen LogP contribution in [-0.2, 0) is 21.1 Å². The Kier molecular flexibility index (Phi) is 8.63. The van der Waals surface area contributed by atoms with Crippen molar-refractivity contribution < 1.29 is 18.3 Å². The van der Waals surface area contributed by atoms with Gasteiger partial charge in [-0.3, -0.25) is 4.79 Å². The smallest absolute Gasteiger partial charge is 0.303 e. The minimum absolute atomic E-state index is 0.126. The van der Waals surface area contributed by atoms with E-state index in [9.17, 15) is 23.6 Å². The van der Waals surface area contributed by atoms with Crippen LogP contribution in [0.2, 0.25) is 0 Å². The molecule has 3 rings (SSSR count). The van der Waals surface area contributed by atoms with Crippen molar-refractivity contribution in [3.63, 3.8) is 0 Å². The summed E-state index contributed by atoms with van der Waals surface area (Å²) in [5.74, 6) is -1.36. The van der Waals surface area contributed by atoms with E-state index in [1.807, 2.05) is 51.1 Å². The van der Waals surface area contributed by atoms with Gasteiger partial charge >= 0.3 is 5.97 Å². The molecule has 6 heteroatoms. The largest absolute Gasteiger partial charge is 0.481 e. The lowest BCUT2D eigenvalue weighted by molar-refractivity contribution is -0.137. The number of allylic oxidation sites excluding steroid dienone is 4. The van der Waals surface area contributed by atoms with E-state index in [2.05, 4.69) is 6.07 Å². The summed E-state index contributed by atoms with van der Waals surface area (Å²) < 4.78 is 27.1. The van der Waals surface area contributed by atoms with Crippen LogP contribution in [0.5, 0.6) is 0 Å². The molecule has 1 N–H and O–H groups in total. The molecule has 0 fully saturated rings. The lowest BCUT2D eigenvalue weighted by Crippen LogP contribution is -2.12. The van der Waals surface area contributed by atoms with Crippen molar-refractivity contribution in [2.45, 2.75) is 43.4 Å². The summed E-state index contributed by atoms with van der Waals surface area (Å²) in [6.07, 6.45) is 0.0314. The number of aliphatic carboxylic acids is 1. The molecule has 0 bridgehead atoms. The van der Waals surface area contributed by atoms with Crippen molar-refractivity contribution in [1.82, 2.24) is 0 Å². The van der Waals surface area contributed by atoms with Gasteiger partial charge < -0.3 is 5.11 Å². The second-order valence-electron chi connectivity index (χ2n) is 8.84. The molecule has 0 saturated carbocycles. The van der Waals surface area contributed by atoms with Gasteiger partial charge in [-0.05, 0) is 60.2 Å². The monoisotopic (exact) mass is 499 g/mol. The van der Waals surface area contributed by atoms with Crippen LogP contribution in [0.15, 0.2) is 111 Å². The number of carboxylic acid groups (broad SMARTS) is 1. The van der Waals surface area contributed by atoms with Crippen molar-refractivity contribution in [3.05, 3.63) is 113 Å². The number of rotatable bonds is 9. The maximum Gasteiger partial charge on any atom is 0.303 e. The van der Waals surface area contributed by atoms with Crippen LogP contribution in [0.3, 0.4) is 0 Å². The summed E-state index contributed by atoms with van der Waals surface area (Å²) in [7, 11) is -3.81. The molecule has 3 aromatic carbocycles. The van der Waals surface area contributed by atoms with Gasteiger partial charge in [-0.2, -0.15) is 5.26 Å². The van der Waals surface area contributed by atoms with E-state index in [-0.39, 0.29) is 22.6 Å².